The number of pyridine rings is 1. The highest BCUT2D eigenvalue weighted by Crippen LogP contribution is 2.34. The van der Waals surface area contributed by atoms with E-state index in [1.165, 1.54) is 17.7 Å². The molecule has 0 bridgehead atoms. The Morgan fingerprint density at radius 3 is 2.79 bits per heavy atom. The Morgan fingerprint density at radius 2 is 2.00 bits per heavy atom. The summed E-state index contributed by atoms with van der Waals surface area (Å²) in [5.74, 6) is -1.65. The Balaban J connectivity index is 2.25. The van der Waals surface area contributed by atoms with Gasteiger partial charge in [-0.15, -0.1) is 0 Å². The Morgan fingerprint density at radius 1 is 1.21 bits per heavy atom. The number of fused-ring (bicyclic) bond motifs is 2. The summed E-state index contributed by atoms with van der Waals surface area (Å²) in [6, 6.07) is 2.45. The van der Waals surface area contributed by atoms with Crippen molar-refractivity contribution in [2.24, 2.45) is 0 Å². The molecule has 3 rings (SSSR count). The summed E-state index contributed by atoms with van der Waals surface area (Å²) in [5.41, 5.74) is 3.68. The number of nitrogens with zero attached hydrogens (tertiary/aromatic N) is 1. The molecule has 1 N–H and O–H groups in total. The van der Waals surface area contributed by atoms with Gasteiger partial charge in [0.05, 0.1) is 5.52 Å². The van der Waals surface area contributed by atoms with E-state index in [1.54, 1.807) is 0 Å². The van der Waals surface area contributed by atoms with E-state index in [2.05, 4.69) is 17.2 Å². The summed E-state index contributed by atoms with van der Waals surface area (Å²) >= 11 is 0. The van der Waals surface area contributed by atoms with Crippen LogP contribution in [0.2, 0.25) is 0 Å². The Bertz CT molecular complexity index is 638. The lowest BCUT2D eigenvalue weighted by Gasteiger charge is -2.14. The van der Waals surface area contributed by atoms with E-state index in [0.717, 1.165) is 43.6 Å². The first-order chi connectivity index (χ1) is 9.20. The molecule has 4 heteroatoms. The highest BCUT2D eigenvalue weighted by atomic mass is 19.2. The molecule has 0 spiro atoms. The van der Waals surface area contributed by atoms with Crippen LogP contribution in [0.1, 0.15) is 31.0 Å². The molecule has 100 valence electrons. The third kappa shape index (κ3) is 2.05. The molecule has 0 atom stereocenters. The minimum atomic E-state index is -0.834. The second-order valence-electron chi connectivity index (χ2n) is 4.98. The fourth-order valence-electron chi connectivity index (χ4n) is 2.71. The monoisotopic (exact) mass is 262 g/mol. The van der Waals surface area contributed by atoms with E-state index in [1.807, 2.05) is 0 Å². The van der Waals surface area contributed by atoms with Gasteiger partial charge < -0.3 is 5.32 Å². The maximum absolute atomic E-state index is 13.5. The van der Waals surface area contributed by atoms with Crippen molar-refractivity contribution >= 4 is 16.6 Å². The van der Waals surface area contributed by atoms with E-state index < -0.39 is 11.6 Å². The lowest BCUT2D eigenvalue weighted by molar-refractivity contribution is 0.510. The van der Waals surface area contributed by atoms with Gasteiger partial charge >= 0.3 is 0 Å². The van der Waals surface area contributed by atoms with Crippen LogP contribution in [0.3, 0.4) is 0 Å². The molecule has 2 aromatic rings. The zero-order chi connectivity index (χ0) is 13.4. The molecule has 0 fully saturated rings. The maximum atomic E-state index is 13.5. The van der Waals surface area contributed by atoms with E-state index in [-0.39, 0.29) is 0 Å². The predicted octanol–water partition coefficient (Wildman–Crippen LogP) is 3.82. The van der Waals surface area contributed by atoms with E-state index in [0.29, 0.717) is 10.9 Å². The van der Waals surface area contributed by atoms with E-state index in [9.17, 15) is 8.78 Å². The number of aryl methyl sites for hydroxylation is 1. The van der Waals surface area contributed by atoms with Crippen LogP contribution in [0.5, 0.6) is 0 Å². The van der Waals surface area contributed by atoms with Crippen molar-refractivity contribution in [2.45, 2.75) is 32.6 Å². The van der Waals surface area contributed by atoms with Crippen LogP contribution in [-0.4, -0.2) is 11.5 Å². The van der Waals surface area contributed by atoms with Gasteiger partial charge in [0.15, 0.2) is 11.6 Å². The molecule has 1 aliphatic carbocycles. The topological polar surface area (TPSA) is 24.9 Å². The van der Waals surface area contributed by atoms with Gasteiger partial charge in [0, 0.05) is 29.4 Å². The standard InChI is InChI=1S/C15H16F2N2/c1-2-6-18-15-9-4-3-5-13(9)19-14-8-12(17)11(16)7-10(14)15/h7-8H,2-6H2,1H3,(H,18,19). The molecule has 1 heterocycles. The minimum Gasteiger partial charge on any atom is -0.384 e. The molecule has 1 aromatic carbocycles. The average molecular weight is 262 g/mol. The molecule has 0 saturated carbocycles. The normalized spacial score (nSPS) is 13.8. The van der Waals surface area contributed by atoms with Crippen LogP contribution >= 0.6 is 0 Å². The lowest BCUT2D eigenvalue weighted by atomic mass is 10.1. The summed E-state index contributed by atoms with van der Waals surface area (Å²) in [5, 5.41) is 4.04. The van der Waals surface area contributed by atoms with Gasteiger partial charge in [-0.1, -0.05) is 6.92 Å². The number of hydrogen-bond acceptors (Lipinski definition) is 2. The van der Waals surface area contributed by atoms with Gasteiger partial charge in [-0.2, -0.15) is 0 Å². The van der Waals surface area contributed by atoms with E-state index >= 15 is 0 Å². The minimum absolute atomic E-state index is 0.540. The zero-order valence-corrected chi connectivity index (χ0v) is 10.9. The molecule has 0 amide bonds. The number of anilines is 1. The molecule has 0 saturated heterocycles. The van der Waals surface area contributed by atoms with Gasteiger partial charge in [0.2, 0.25) is 0 Å². The first-order valence-corrected chi connectivity index (χ1v) is 6.75. The molecule has 0 unspecified atom stereocenters. The number of halogens is 2. The third-order valence-electron chi connectivity index (χ3n) is 3.61. The first-order valence-electron chi connectivity index (χ1n) is 6.75. The van der Waals surface area contributed by atoms with Crippen LogP contribution in [0.25, 0.3) is 10.9 Å². The number of benzene rings is 1. The summed E-state index contributed by atoms with van der Waals surface area (Å²) in [7, 11) is 0. The fraction of sp³-hybridized carbons (Fsp3) is 0.400. The van der Waals surface area contributed by atoms with Crippen LogP contribution in [0.4, 0.5) is 14.5 Å². The molecule has 19 heavy (non-hydrogen) atoms. The van der Waals surface area contributed by atoms with Crippen LogP contribution < -0.4 is 5.32 Å². The number of rotatable bonds is 3. The van der Waals surface area contributed by atoms with Crippen molar-refractivity contribution in [3.05, 3.63) is 35.0 Å². The number of nitrogens with one attached hydrogen (secondary N) is 1. The molecule has 0 radical (unpaired) electrons. The largest absolute Gasteiger partial charge is 0.384 e. The highest BCUT2D eigenvalue weighted by Gasteiger charge is 2.20. The highest BCUT2D eigenvalue weighted by molar-refractivity contribution is 5.93. The van der Waals surface area contributed by atoms with Crippen molar-refractivity contribution in [3.63, 3.8) is 0 Å². The van der Waals surface area contributed by atoms with Crippen molar-refractivity contribution in [1.29, 1.82) is 0 Å². The van der Waals surface area contributed by atoms with Gasteiger partial charge in [-0.3, -0.25) is 4.98 Å². The maximum Gasteiger partial charge on any atom is 0.161 e. The molecule has 1 aromatic heterocycles. The third-order valence-corrected chi connectivity index (χ3v) is 3.61. The molecular formula is C15H16F2N2. The fourth-order valence-corrected chi connectivity index (χ4v) is 2.71. The van der Waals surface area contributed by atoms with Crippen LogP contribution in [-0.2, 0) is 12.8 Å². The second kappa shape index (κ2) is 4.76. The first kappa shape index (κ1) is 12.3. The number of hydrogen-bond donors (Lipinski definition) is 1. The summed E-state index contributed by atoms with van der Waals surface area (Å²) < 4.78 is 26.8. The molecule has 2 nitrogen and oxygen atoms in total. The smallest absolute Gasteiger partial charge is 0.161 e. The Hall–Kier alpha value is -1.71. The van der Waals surface area contributed by atoms with Crippen molar-refractivity contribution < 1.29 is 8.78 Å². The lowest BCUT2D eigenvalue weighted by Crippen LogP contribution is -2.06. The van der Waals surface area contributed by atoms with E-state index in [4.69, 9.17) is 0 Å². The quantitative estimate of drug-likeness (QED) is 0.909. The number of aromatic nitrogens is 1. The zero-order valence-electron chi connectivity index (χ0n) is 10.9. The summed E-state index contributed by atoms with van der Waals surface area (Å²) in [4.78, 5) is 4.48. The van der Waals surface area contributed by atoms with Crippen molar-refractivity contribution in [3.8, 4) is 0 Å². The average Bonchev–Trinajstić information content (AvgIpc) is 2.84. The summed E-state index contributed by atoms with van der Waals surface area (Å²) in [6.07, 6.45) is 3.93. The Kier molecular flexibility index (Phi) is 3.09. The summed E-state index contributed by atoms with van der Waals surface area (Å²) in [6.45, 7) is 2.90. The Labute approximate surface area is 110 Å². The van der Waals surface area contributed by atoms with Gasteiger partial charge in [-0.05, 0) is 37.3 Å². The van der Waals surface area contributed by atoms with Crippen LogP contribution in [0, 0.1) is 11.6 Å². The van der Waals surface area contributed by atoms with Crippen molar-refractivity contribution in [2.75, 3.05) is 11.9 Å². The van der Waals surface area contributed by atoms with Gasteiger partial charge in [0.25, 0.3) is 0 Å². The predicted molar refractivity (Wildman–Crippen MR) is 72.5 cm³/mol. The van der Waals surface area contributed by atoms with Gasteiger partial charge in [-0.25, -0.2) is 8.78 Å². The molecule has 0 aliphatic heterocycles. The van der Waals surface area contributed by atoms with Crippen LogP contribution in [0.15, 0.2) is 12.1 Å². The van der Waals surface area contributed by atoms with Crippen molar-refractivity contribution in [1.82, 2.24) is 4.98 Å². The second-order valence-corrected chi connectivity index (χ2v) is 4.98. The molecular weight excluding hydrogens is 246 g/mol. The molecule has 1 aliphatic rings. The SMILES string of the molecule is CCCNc1c2c(nc3cc(F)c(F)cc13)CCC2. The van der Waals surface area contributed by atoms with Gasteiger partial charge in [0.1, 0.15) is 0 Å².